The molecule has 0 fully saturated rings. The zero-order valence-electron chi connectivity index (χ0n) is 7.63. The first-order chi connectivity index (χ1) is 6.22. The highest BCUT2D eigenvalue weighted by molar-refractivity contribution is 9.10. The maximum Gasteiger partial charge on any atom is 0.127 e. The highest BCUT2D eigenvalue weighted by atomic mass is 79.9. The zero-order chi connectivity index (χ0) is 9.42. The molecule has 4 heteroatoms. The summed E-state index contributed by atoms with van der Waals surface area (Å²) in [4.78, 5) is 4.41. The summed E-state index contributed by atoms with van der Waals surface area (Å²) >= 11 is 3.45. The second-order valence-electron chi connectivity index (χ2n) is 3.42. The molecule has 0 radical (unpaired) electrons. The highest BCUT2D eigenvalue weighted by Gasteiger charge is 2.21. The molecule has 1 atom stereocenters. The number of imidazole rings is 1. The van der Waals surface area contributed by atoms with Crippen LogP contribution in [0.1, 0.15) is 24.9 Å². The first-order valence-corrected chi connectivity index (χ1v) is 5.43. The monoisotopic (exact) mass is 244 g/mol. The van der Waals surface area contributed by atoms with Gasteiger partial charge in [0.25, 0.3) is 0 Å². The van der Waals surface area contributed by atoms with Gasteiger partial charge in [0.15, 0.2) is 0 Å². The van der Waals surface area contributed by atoms with Crippen LogP contribution in [-0.4, -0.2) is 20.8 Å². The van der Waals surface area contributed by atoms with E-state index in [1.54, 1.807) is 0 Å². The zero-order valence-corrected chi connectivity index (χ0v) is 9.21. The molecular formula is C9H13BrN2O. The third kappa shape index (κ3) is 1.53. The second kappa shape index (κ2) is 3.42. The largest absolute Gasteiger partial charge is 0.391 e. The van der Waals surface area contributed by atoms with Crippen molar-refractivity contribution >= 4 is 15.9 Å². The molecule has 2 rings (SSSR count). The summed E-state index contributed by atoms with van der Waals surface area (Å²) in [5.74, 6) is 1.07. The number of aromatic nitrogens is 2. The van der Waals surface area contributed by atoms with Gasteiger partial charge in [-0.25, -0.2) is 4.98 Å². The number of aliphatic hydroxyl groups excluding tert-OH is 1. The smallest absolute Gasteiger partial charge is 0.127 e. The van der Waals surface area contributed by atoms with Crippen molar-refractivity contribution in [3.63, 3.8) is 0 Å². The van der Waals surface area contributed by atoms with E-state index in [-0.39, 0.29) is 6.10 Å². The summed E-state index contributed by atoms with van der Waals surface area (Å²) in [6, 6.07) is 0. The lowest BCUT2D eigenvalue weighted by atomic mass is 10.1. The Hall–Kier alpha value is -0.350. The highest BCUT2D eigenvalue weighted by Crippen LogP contribution is 2.24. The summed E-state index contributed by atoms with van der Waals surface area (Å²) in [6.45, 7) is 2.79. The van der Waals surface area contributed by atoms with E-state index in [4.69, 9.17) is 0 Å². The molecule has 13 heavy (non-hydrogen) atoms. The lowest BCUT2D eigenvalue weighted by Crippen LogP contribution is -2.25. The summed E-state index contributed by atoms with van der Waals surface area (Å²) in [6.07, 6.45) is 2.51. The van der Waals surface area contributed by atoms with Crippen LogP contribution in [0.4, 0.5) is 0 Å². The number of hydrogen-bond donors (Lipinski definition) is 1. The van der Waals surface area contributed by atoms with Gasteiger partial charge in [0.1, 0.15) is 10.4 Å². The van der Waals surface area contributed by atoms with Gasteiger partial charge in [-0.2, -0.15) is 0 Å². The summed E-state index contributed by atoms with van der Waals surface area (Å²) in [7, 11) is 0. The Morgan fingerprint density at radius 1 is 1.69 bits per heavy atom. The summed E-state index contributed by atoms with van der Waals surface area (Å²) in [5, 5.41) is 9.52. The molecule has 0 saturated heterocycles. The van der Waals surface area contributed by atoms with Crippen molar-refractivity contribution in [2.24, 2.45) is 0 Å². The molecule has 0 amide bonds. The van der Waals surface area contributed by atoms with Crippen molar-refractivity contribution in [1.82, 2.24) is 9.55 Å². The van der Waals surface area contributed by atoms with Gasteiger partial charge in [0, 0.05) is 6.42 Å². The van der Waals surface area contributed by atoms with E-state index in [9.17, 15) is 5.11 Å². The molecule has 3 nitrogen and oxygen atoms in total. The van der Waals surface area contributed by atoms with Gasteiger partial charge in [-0.3, -0.25) is 0 Å². The van der Waals surface area contributed by atoms with Gasteiger partial charge in [-0.15, -0.1) is 0 Å². The molecule has 1 aromatic heterocycles. The van der Waals surface area contributed by atoms with Crippen LogP contribution in [0.5, 0.6) is 0 Å². The molecule has 1 N–H and O–H groups in total. The molecule has 0 saturated carbocycles. The van der Waals surface area contributed by atoms with E-state index >= 15 is 0 Å². The SMILES string of the molecule is CCc1nc(Br)c2n1CC(O)CC2. The third-order valence-corrected chi connectivity index (χ3v) is 3.16. The molecule has 0 aromatic carbocycles. The lowest BCUT2D eigenvalue weighted by molar-refractivity contribution is 0.130. The van der Waals surface area contributed by atoms with Crippen LogP contribution in [0.3, 0.4) is 0 Å². The minimum Gasteiger partial charge on any atom is -0.391 e. The fraction of sp³-hybridized carbons (Fsp3) is 0.667. The van der Waals surface area contributed by atoms with Crippen LogP contribution in [0.2, 0.25) is 0 Å². The normalized spacial score (nSPS) is 21.6. The number of nitrogens with zero attached hydrogens (tertiary/aromatic N) is 2. The van der Waals surface area contributed by atoms with Gasteiger partial charge in [0.2, 0.25) is 0 Å². The lowest BCUT2D eigenvalue weighted by Gasteiger charge is -2.21. The molecule has 72 valence electrons. The fourth-order valence-corrected chi connectivity index (χ4v) is 2.45. The van der Waals surface area contributed by atoms with Crippen molar-refractivity contribution in [3.8, 4) is 0 Å². The second-order valence-corrected chi connectivity index (χ2v) is 4.17. The number of rotatable bonds is 1. The van der Waals surface area contributed by atoms with Crippen molar-refractivity contribution in [3.05, 3.63) is 16.1 Å². The van der Waals surface area contributed by atoms with E-state index < -0.39 is 0 Å². The number of fused-ring (bicyclic) bond motifs is 1. The van der Waals surface area contributed by atoms with E-state index in [1.807, 2.05) is 0 Å². The molecular weight excluding hydrogens is 232 g/mol. The molecule has 1 aromatic rings. The Labute approximate surface area is 85.9 Å². The Kier molecular flexibility index (Phi) is 2.43. The van der Waals surface area contributed by atoms with E-state index in [1.165, 1.54) is 5.69 Å². The minimum absolute atomic E-state index is 0.195. The van der Waals surface area contributed by atoms with Crippen LogP contribution in [0.15, 0.2) is 4.60 Å². The predicted octanol–water partition coefficient (Wildman–Crippen LogP) is 1.52. The maximum absolute atomic E-state index is 9.52. The summed E-state index contributed by atoms with van der Waals surface area (Å²) < 4.78 is 3.09. The quantitative estimate of drug-likeness (QED) is 0.814. The average molecular weight is 245 g/mol. The van der Waals surface area contributed by atoms with E-state index in [2.05, 4.69) is 32.4 Å². The first-order valence-electron chi connectivity index (χ1n) is 4.64. The number of hydrogen-bond acceptors (Lipinski definition) is 2. The molecule has 1 aliphatic rings. The Morgan fingerprint density at radius 3 is 3.15 bits per heavy atom. The van der Waals surface area contributed by atoms with Gasteiger partial charge < -0.3 is 9.67 Å². The third-order valence-electron chi connectivity index (χ3n) is 2.53. The Morgan fingerprint density at radius 2 is 2.46 bits per heavy atom. The topological polar surface area (TPSA) is 38.0 Å². The van der Waals surface area contributed by atoms with Crippen LogP contribution in [0.25, 0.3) is 0 Å². The molecule has 1 aliphatic heterocycles. The van der Waals surface area contributed by atoms with Gasteiger partial charge in [-0.05, 0) is 28.8 Å². The van der Waals surface area contributed by atoms with E-state index in [0.29, 0.717) is 6.54 Å². The standard InChI is InChI=1S/C9H13BrN2O/c1-2-8-11-9(10)7-4-3-6(13)5-12(7)8/h6,13H,2-5H2,1H3. The van der Waals surface area contributed by atoms with Gasteiger partial charge in [-0.1, -0.05) is 6.92 Å². The number of aliphatic hydroxyl groups is 1. The molecule has 1 unspecified atom stereocenters. The van der Waals surface area contributed by atoms with Crippen LogP contribution in [0, 0.1) is 0 Å². The predicted molar refractivity (Wildman–Crippen MR) is 53.6 cm³/mol. The van der Waals surface area contributed by atoms with Crippen molar-refractivity contribution in [1.29, 1.82) is 0 Å². The van der Waals surface area contributed by atoms with Crippen molar-refractivity contribution < 1.29 is 5.11 Å². The first kappa shape index (κ1) is 9.21. The van der Waals surface area contributed by atoms with Gasteiger partial charge >= 0.3 is 0 Å². The van der Waals surface area contributed by atoms with Crippen LogP contribution < -0.4 is 0 Å². The number of aryl methyl sites for hydroxylation is 1. The van der Waals surface area contributed by atoms with Crippen molar-refractivity contribution in [2.75, 3.05) is 0 Å². The Bertz CT molecular complexity index is 322. The summed E-state index contributed by atoms with van der Waals surface area (Å²) in [5.41, 5.74) is 1.24. The van der Waals surface area contributed by atoms with Crippen LogP contribution in [-0.2, 0) is 19.4 Å². The maximum atomic E-state index is 9.52. The molecule has 2 heterocycles. The molecule has 0 aliphatic carbocycles. The van der Waals surface area contributed by atoms with E-state index in [0.717, 1.165) is 29.7 Å². The number of halogens is 1. The fourth-order valence-electron chi connectivity index (χ4n) is 1.83. The molecule has 0 spiro atoms. The average Bonchev–Trinajstić information content (AvgIpc) is 2.42. The van der Waals surface area contributed by atoms with Crippen molar-refractivity contribution in [2.45, 2.75) is 38.8 Å². The molecule has 0 bridgehead atoms. The minimum atomic E-state index is -0.195. The van der Waals surface area contributed by atoms with Gasteiger partial charge in [0.05, 0.1) is 18.3 Å². The Balaban J connectivity index is 2.43. The van der Waals surface area contributed by atoms with Crippen LogP contribution >= 0.6 is 15.9 Å².